The third-order valence-corrected chi connectivity index (χ3v) is 8.34. The van der Waals surface area contributed by atoms with Gasteiger partial charge in [-0.2, -0.15) is 0 Å². The largest absolute Gasteiger partial charge is 0.441 e. The molecule has 9 heteroatoms. The zero-order valence-electron chi connectivity index (χ0n) is 22.5. The Morgan fingerprint density at radius 3 is 2.46 bits per heavy atom. The van der Waals surface area contributed by atoms with E-state index in [1.807, 2.05) is 42.5 Å². The van der Waals surface area contributed by atoms with Crippen molar-refractivity contribution < 1.29 is 28.4 Å². The van der Waals surface area contributed by atoms with Crippen LogP contribution in [0.5, 0.6) is 0 Å². The Morgan fingerprint density at radius 2 is 1.76 bits per heavy atom. The minimum Gasteiger partial charge on any atom is -0.441 e. The van der Waals surface area contributed by atoms with E-state index in [1.54, 1.807) is 19.9 Å². The number of rotatable bonds is 7. The predicted octanol–water partition coefficient (Wildman–Crippen LogP) is 7.11. The highest BCUT2D eigenvalue weighted by molar-refractivity contribution is 6.31. The first kappa shape index (κ1) is 26.8. The minimum absolute atomic E-state index is 0.204. The number of benzene rings is 3. The lowest BCUT2D eigenvalue weighted by Crippen LogP contribution is -2.23. The first-order valence-electron chi connectivity index (χ1n) is 13.4. The molecule has 0 radical (unpaired) electrons. The van der Waals surface area contributed by atoms with Gasteiger partial charge in [-0.05, 0) is 79.5 Å². The first-order chi connectivity index (χ1) is 19.8. The molecule has 6 rings (SSSR count). The normalized spacial score (nSPS) is 15.2. The molecule has 0 saturated heterocycles. The van der Waals surface area contributed by atoms with E-state index < -0.39 is 23.6 Å². The van der Waals surface area contributed by atoms with Crippen molar-refractivity contribution in [2.24, 2.45) is 0 Å². The number of hydrogen-bond donors (Lipinski definition) is 1. The number of nitrogens with zero attached hydrogens (tertiary/aromatic N) is 1. The average Bonchev–Trinajstić information content (AvgIpc) is 3.71. The van der Waals surface area contributed by atoms with E-state index in [-0.39, 0.29) is 6.47 Å². The van der Waals surface area contributed by atoms with Crippen LogP contribution in [0.3, 0.4) is 0 Å². The summed E-state index contributed by atoms with van der Waals surface area (Å²) in [5.41, 5.74) is 7.14. The topological polar surface area (TPSA) is 108 Å². The van der Waals surface area contributed by atoms with Gasteiger partial charge in [-0.1, -0.05) is 65.3 Å². The predicted molar refractivity (Wildman–Crippen MR) is 153 cm³/mol. The summed E-state index contributed by atoms with van der Waals surface area (Å²) in [6.07, 6.45) is 1.75. The lowest BCUT2D eigenvalue weighted by molar-refractivity contribution is -0.153. The molecule has 1 atom stereocenters. The molecule has 3 aromatic carbocycles. The number of aryl methyl sites for hydroxylation is 3. The monoisotopic (exact) mass is 570 g/mol. The van der Waals surface area contributed by atoms with E-state index >= 15 is 0 Å². The summed E-state index contributed by atoms with van der Waals surface area (Å²) in [6.45, 7) is 3.72. The Labute approximate surface area is 241 Å². The minimum atomic E-state index is -0.708. The van der Waals surface area contributed by atoms with Gasteiger partial charge in [-0.3, -0.25) is 14.9 Å². The van der Waals surface area contributed by atoms with Gasteiger partial charge in [-0.15, -0.1) is 0 Å². The average molecular weight is 571 g/mol. The van der Waals surface area contributed by atoms with Gasteiger partial charge < -0.3 is 14.0 Å². The molecule has 0 bridgehead atoms. The highest BCUT2D eigenvalue weighted by atomic mass is 35.5. The molecule has 41 heavy (non-hydrogen) atoms. The number of amides is 1. The van der Waals surface area contributed by atoms with Crippen LogP contribution in [0, 0.1) is 6.92 Å². The summed E-state index contributed by atoms with van der Waals surface area (Å²) >= 11 is 6.25. The smallest absolute Gasteiger partial charge is 0.412 e. The molecular weight excluding hydrogens is 544 g/mol. The Hall–Kier alpha value is -4.43. The molecule has 208 valence electrons. The molecule has 0 aliphatic heterocycles. The third-order valence-electron chi connectivity index (χ3n) is 7.99. The van der Waals surface area contributed by atoms with Gasteiger partial charge in [0.15, 0.2) is 5.76 Å². The molecule has 4 aromatic rings. The molecule has 0 spiro atoms. The maximum absolute atomic E-state index is 12.8. The maximum Gasteiger partial charge on any atom is 0.412 e. The van der Waals surface area contributed by atoms with Crippen LogP contribution in [0.4, 0.5) is 10.5 Å². The summed E-state index contributed by atoms with van der Waals surface area (Å²) in [5.74, 6) is -0.0413. The quantitative estimate of drug-likeness (QED) is 0.143. The molecule has 0 unspecified atom stereocenters. The van der Waals surface area contributed by atoms with Gasteiger partial charge in [-0.25, -0.2) is 4.79 Å². The van der Waals surface area contributed by atoms with Crippen molar-refractivity contribution in [2.75, 3.05) is 5.32 Å². The highest BCUT2D eigenvalue weighted by Crippen LogP contribution is 2.50. The summed E-state index contributed by atoms with van der Waals surface area (Å²) in [4.78, 5) is 35.9. The fourth-order valence-corrected chi connectivity index (χ4v) is 5.89. The van der Waals surface area contributed by atoms with Crippen molar-refractivity contribution in [1.29, 1.82) is 0 Å². The summed E-state index contributed by atoms with van der Waals surface area (Å²) in [7, 11) is 0. The van der Waals surface area contributed by atoms with Crippen molar-refractivity contribution >= 4 is 35.8 Å². The maximum atomic E-state index is 12.8. The molecule has 1 amide bonds. The summed E-state index contributed by atoms with van der Waals surface area (Å²) < 4.78 is 15.9. The van der Waals surface area contributed by atoms with Crippen LogP contribution in [0.15, 0.2) is 65.2 Å². The van der Waals surface area contributed by atoms with Gasteiger partial charge >= 0.3 is 18.5 Å². The number of carbonyl (C=O) groups excluding carboxylic acids is 3. The van der Waals surface area contributed by atoms with E-state index in [0.717, 1.165) is 46.2 Å². The summed E-state index contributed by atoms with van der Waals surface area (Å²) in [5, 5.41) is 7.41. The van der Waals surface area contributed by atoms with Gasteiger partial charge in [0.1, 0.15) is 17.5 Å². The molecule has 8 nitrogen and oxygen atoms in total. The van der Waals surface area contributed by atoms with Gasteiger partial charge in [0.2, 0.25) is 0 Å². The van der Waals surface area contributed by atoms with Crippen LogP contribution in [0.2, 0.25) is 5.02 Å². The summed E-state index contributed by atoms with van der Waals surface area (Å²) in [6, 6.07) is 19.3. The van der Waals surface area contributed by atoms with Crippen LogP contribution in [0.1, 0.15) is 53.8 Å². The number of aromatic nitrogens is 1. The van der Waals surface area contributed by atoms with Crippen LogP contribution >= 0.6 is 11.6 Å². The number of esters is 1. The van der Waals surface area contributed by atoms with Gasteiger partial charge in [0, 0.05) is 16.1 Å². The van der Waals surface area contributed by atoms with Crippen molar-refractivity contribution in [3.63, 3.8) is 0 Å². The van der Waals surface area contributed by atoms with Crippen molar-refractivity contribution in [1.82, 2.24) is 5.16 Å². The second-order valence-electron chi connectivity index (χ2n) is 10.5. The van der Waals surface area contributed by atoms with Crippen LogP contribution in [0.25, 0.3) is 22.5 Å². The Morgan fingerprint density at radius 1 is 1.05 bits per heavy atom. The van der Waals surface area contributed by atoms with Crippen molar-refractivity contribution in [3.8, 4) is 22.5 Å². The highest BCUT2D eigenvalue weighted by Gasteiger charge is 2.53. The fourth-order valence-electron chi connectivity index (χ4n) is 5.60. The van der Waals surface area contributed by atoms with Gasteiger partial charge in [0.05, 0.1) is 5.41 Å². The number of ether oxygens (including phenoxy) is 2. The van der Waals surface area contributed by atoms with Crippen LogP contribution in [-0.2, 0) is 37.3 Å². The molecule has 1 N–H and O–H groups in total. The SMILES string of the molecule is Cc1noc(-c2ccc3c(c2)CCc2cc(C4(C(=O)OC=O)CC4)ccc2-3)c1NC(=O)O[C@H](C)c1ccccc1Cl. The lowest BCUT2D eigenvalue weighted by Gasteiger charge is -2.23. The van der Waals surface area contributed by atoms with E-state index in [1.165, 1.54) is 0 Å². The van der Waals surface area contributed by atoms with Crippen LogP contribution < -0.4 is 5.32 Å². The molecular formula is C32H27ClN2O6. The number of carbonyl (C=O) groups is 3. The van der Waals surface area contributed by atoms with Gasteiger partial charge in [0.25, 0.3) is 0 Å². The second-order valence-corrected chi connectivity index (χ2v) is 10.9. The van der Waals surface area contributed by atoms with Crippen molar-refractivity contribution in [3.05, 3.63) is 93.6 Å². The molecule has 1 heterocycles. The standard InChI is InChI=1S/C32H27ClN2O6/c1-18-28(34-31(38)40-19(2)24-5-3-4-6-27(24)33)29(41-35-18)22-9-11-25-20(15-22)7-8-21-16-23(10-12-26(21)25)32(13-14-32)30(37)39-17-36/h3-6,9-12,15-17,19H,7-8,13-14H2,1-2H3,(H,34,38)/t19-/m1/s1. The first-order valence-corrected chi connectivity index (χ1v) is 13.8. The molecule has 1 saturated carbocycles. The Kier molecular flexibility index (Phi) is 6.87. The number of hydrogen-bond acceptors (Lipinski definition) is 7. The fraction of sp³-hybridized carbons (Fsp3) is 0.250. The van der Waals surface area contributed by atoms with Crippen LogP contribution in [-0.4, -0.2) is 23.7 Å². The van der Waals surface area contributed by atoms with E-state index in [0.29, 0.717) is 40.6 Å². The molecule has 2 aliphatic rings. The number of fused-ring (bicyclic) bond motifs is 3. The number of anilines is 1. The second kappa shape index (κ2) is 10.5. The van der Waals surface area contributed by atoms with E-state index in [2.05, 4.69) is 27.3 Å². The zero-order chi connectivity index (χ0) is 28.7. The lowest BCUT2D eigenvalue weighted by atomic mass is 9.82. The Bertz CT molecular complexity index is 1690. The molecule has 2 aliphatic carbocycles. The molecule has 1 fully saturated rings. The molecule has 1 aromatic heterocycles. The number of nitrogens with one attached hydrogen (secondary N) is 1. The van der Waals surface area contributed by atoms with E-state index in [9.17, 15) is 14.4 Å². The Balaban J connectivity index is 1.23. The van der Waals surface area contributed by atoms with E-state index in [4.69, 9.17) is 20.9 Å². The van der Waals surface area contributed by atoms with Crippen molar-refractivity contribution in [2.45, 2.75) is 51.0 Å². The third kappa shape index (κ3) is 4.89. The number of halogens is 1. The zero-order valence-corrected chi connectivity index (χ0v) is 23.3.